The molecule has 1 fully saturated rings. The summed E-state index contributed by atoms with van der Waals surface area (Å²) in [5, 5.41) is 1.32. The fourth-order valence-corrected chi connectivity index (χ4v) is 4.77. The predicted molar refractivity (Wildman–Crippen MR) is 122 cm³/mol. The number of hydrogen-bond acceptors (Lipinski definition) is 3. The van der Waals surface area contributed by atoms with Crippen molar-refractivity contribution in [3.05, 3.63) is 102 Å². The molecule has 2 aromatic carbocycles. The van der Waals surface area contributed by atoms with Gasteiger partial charge in [-0.05, 0) is 30.2 Å². The van der Waals surface area contributed by atoms with Crippen LogP contribution in [0.3, 0.4) is 0 Å². The number of aromatic nitrogens is 2. The maximum atomic E-state index is 4.44. The highest BCUT2D eigenvalue weighted by Crippen LogP contribution is 2.36. The molecule has 1 saturated heterocycles. The molecule has 3 heterocycles. The fraction of sp³-hybridized carbons (Fsp3) is 0.269. The summed E-state index contributed by atoms with van der Waals surface area (Å²) in [7, 11) is 0. The molecule has 4 nitrogen and oxygen atoms in total. The lowest BCUT2D eigenvalue weighted by Gasteiger charge is -2.39. The van der Waals surface area contributed by atoms with Gasteiger partial charge in [0.15, 0.2) is 0 Å². The van der Waals surface area contributed by atoms with Crippen molar-refractivity contribution in [2.24, 2.45) is 0 Å². The molecular weight excluding hydrogens is 368 g/mol. The lowest BCUT2D eigenvalue weighted by atomic mass is 9.95. The van der Waals surface area contributed by atoms with Crippen molar-refractivity contribution in [3.63, 3.8) is 0 Å². The minimum Gasteiger partial charge on any atom is -0.358 e. The number of aromatic amines is 1. The maximum Gasteiger partial charge on any atom is 0.0641 e. The first-order valence-corrected chi connectivity index (χ1v) is 10.8. The fourth-order valence-electron chi connectivity index (χ4n) is 4.77. The Balaban J connectivity index is 1.43. The summed E-state index contributed by atoms with van der Waals surface area (Å²) in [6, 6.07) is 23.9. The molecule has 30 heavy (non-hydrogen) atoms. The summed E-state index contributed by atoms with van der Waals surface area (Å²) >= 11 is 0. The van der Waals surface area contributed by atoms with Gasteiger partial charge in [0.05, 0.1) is 6.04 Å². The molecule has 0 saturated carbocycles. The van der Waals surface area contributed by atoms with Crippen LogP contribution in [0.15, 0.2) is 79.1 Å². The van der Waals surface area contributed by atoms with Gasteiger partial charge >= 0.3 is 0 Å². The Labute approximate surface area is 178 Å². The molecule has 0 aliphatic carbocycles. The van der Waals surface area contributed by atoms with Gasteiger partial charge in [0.25, 0.3) is 0 Å². The topological polar surface area (TPSA) is 35.2 Å². The molecule has 2 aromatic heterocycles. The second-order valence-corrected chi connectivity index (χ2v) is 8.20. The molecule has 4 heteroatoms. The van der Waals surface area contributed by atoms with Crippen LogP contribution in [-0.2, 0) is 6.54 Å². The number of fused-ring (bicyclic) bond motifs is 1. The summed E-state index contributed by atoms with van der Waals surface area (Å²) in [6.45, 7) is 7.47. The number of hydrogen-bond donors (Lipinski definition) is 1. The first kappa shape index (κ1) is 19.0. The smallest absolute Gasteiger partial charge is 0.0641 e. The molecule has 1 aliphatic rings. The number of rotatable bonds is 5. The average Bonchev–Trinajstić information content (AvgIpc) is 3.12. The average molecular weight is 397 g/mol. The normalized spacial score (nSPS) is 16.7. The predicted octanol–water partition coefficient (Wildman–Crippen LogP) is 4.78. The lowest BCUT2D eigenvalue weighted by Crippen LogP contribution is -2.47. The second kappa shape index (κ2) is 8.42. The van der Waals surface area contributed by atoms with Crippen LogP contribution in [0.1, 0.15) is 28.4 Å². The zero-order valence-electron chi connectivity index (χ0n) is 17.5. The quantitative estimate of drug-likeness (QED) is 0.527. The first-order chi connectivity index (χ1) is 14.8. The summed E-state index contributed by atoms with van der Waals surface area (Å²) in [5.74, 6) is 0. The van der Waals surface area contributed by atoms with Crippen molar-refractivity contribution in [3.8, 4) is 0 Å². The van der Waals surface area contributed by atoms with E-state index in [1.807, 2.05) is 12.4 Å². The Morgan fingerprint density at radius 2 is 1.67 bits per heavy atom. The van der Waals surface area contributed by atoms with Crippen LogP contribution in [0, 0.1) is 6.92 Å². The van der Waals surface area contributed by atoms with E-state index in [9.17, 15) is 0 Å². The minimum absolute atomic E-state index is 0.216. The van der Waals surface area contributed by atoms with Gasteiger partial charge in [0.1, 0.15) is 0 Å². The van der Waals surface area contributed by atoms with E-state index >= 15 is 0 Å². The van der Waals surface area contributed by atoms with Gasteiger partial charge in [-0.25, -0.2) is 0 Å². The van der Waals surface area contributed by atoms with E-state index in [0.29, 0.717) is 0 Å². The molecule has 0 radical (unpaired) electrons. The van der Waals surface area contributed by atoms with Gasteiger partial charge in [-0.1, -0.05) is 54.6 Å². The van der Waals surface area contributed by atoms with E-state index in [-0.39, 0.29) is 6.04 Å². The molecule has 1 atom stereocenters. The molecule has 1 N–H and O–H groups in total. The summed E-state index contributed by atoms with van der Waals surface area (Å²) in [4.78, 5) is 13.2. The molecule has 0 bridgehead atoms. The van der Waals surface area contributed by atoms with Gasteiger partial charge < -0.3 is 4.98 Å². The third-order valence-corrected chi connectivity index (χ3v) is 6.24. The molecule has 0 spiro atoms. The molecule has 0 amide bonds. The molecule has 5 rings (SSSR count). The maximum absolute atomic E-state index is 4.44. The largest absolute Gasteiger partial charge is 0.358 e. The molecule has 4 aromatic rings. The monoisotopic (exact) mass is 396 g/mol. The Hall–Kier alpha value is -2.95. The van der Waals surface area contributed by atoms with Gasteiger partial charge in [-0.3, -0.25) is 14.8 Å². The standard InChI is InChI=1S/C26H28N4/c1-20-25(23-11-5-6-12-24(23)28-20)26(22-10-7-13-27-18-22)30-16-14-29(15-17-30)19-21-8-3-2-4-9-21/h2-13,18,26,28H,14-17,19H2,1H3/t26-/m0/s1. The van der Waals surface area contributed by atoms with Crippen LogP contribution in [0.2, 0.25) is 0 Å². The van der Waals surface area contributed by atoms with Crippen LogP contribution in [0.25, 0.3) is 10.9 Å². The number of nitrogens with one attached hydrogen (secondary N) is 1. The van der Waals surface area contributed by atoms with E-state index in [1.54, 1.807) is 0 Å². The van der Waals surface area contributed by atoms with Crippen molar-refractivity contribution in [1.29, 1.82) is 0 Å². The Morgan fingerprint density at radius 1 is 0.900 bits per heavy atom. The van der Waals surface area contributed by atoms with Crippen molar-refractivity contribution in [1.82, 2.24) is 19.8 Å². The summed E-state index contributed by atoms with van der Waals surface area (Å²) in [6.07, 6.45) is 3.89. The Kier molecular flexibility index (Phi) is 5.35. The lowest BCUT2D eigenvalue weighted by molar-refractivity contribution is 0.105. The molecule has 152 valence electrons. The summed E-state index contributed by atoms with van der Waals surface area (Å²) in [5.41, 5.74) is 6.50. The highest BCUT2D eigenvalue weighted by Gasteiger charge is 2.29. The van der Waals surface area contributed by atoms with E-state index in [4.69, 9.17) is 0 Å². The van der Waals surface area contributed by atoms with Crippen LogP contribution in [0.4, 0.5) is 0 Å². The van der Waals surface area contributed by atoms with E-state index in [2.05, 4.69) is 93.4 Å². The van der Waals surface area contributed by atoms with Gasteiger partial charge in [0.2, 0.25) is 0 Å². The van der Waals surface area contributed by atoms with E-state index in [0.717, 1.165) is 32.7 Å². The van der Waals surface area contributed by atoms with Gasteiger partial charge in [0, 0.05) is 67.3 Å². The van der Waals surface area contributed by atoms with Crippen molar-refractivity contribution in [2.45, 2.75) is 19.5 Å². The van der Waals surface area contributed by atoms with Crippen LogP contribution < -0.4 is 0 Å². The Morgan fingerprint density at radius 3 is 2.43 bits per heavy atom. The number of aryl methyl sites for hydroxylation is 1. The number of piperazine rings is 1. The molecule has 0 unspecified atom stereocenters. The SMILES string of the molecule is Cc1[nH]c2ccccc2c1[C@H](c1cccnc1)N1CCN(Cc2ccccc2)CC1. The Bertz CT molecular complexity index is 1100. The van der Waals surface area contributed by atoms with Crippen molar-refractivity contribution < 1.29 is 0 Å². The van der Waals surface area contributed by atoms with Crippen molar-refractivity contribution >= 4 is 10.9 Å². The van der Waals surface area contributed by atoms with Gasteiger partial charge in [-0.15, -0.1) is 0 Å². The van der Waals surface area contributed by atoms with Crippen LogP contribution in [-0.4, -0.2) is 45.9 Å². The highest BCUT2D eigenvalue weighted by molar-refractivity contribution is 5.85. The molecule has 1 aliphatic heterocycles. The number of para-hydroxylation sites is 1. The third-order valence-electron chi connectivity index (χ3n) is 6.24. The second-order valence-electron chi connectivity index (χ2n) is 8.20. The summed E-state index contributed by atoms with van der Waals surface area (Å²) < 4.78 is 0. The highest BCUT2D eigenvalue weighted by atomic mass is 15.3. The number of benzene rings is 2. The minimum atomic E-state index is 0.216. The van der Waals surface area contributed by atoms with Crippen molar-refractivity contribution in [2.75, 3.05) is 26.2 Å². The number of pyridine rings is 1. The molecular formula is C26H28N4. The number of H-pyrrole nitrogens is 1. The van der Waals surface area contributed by atoms with Crippen LogP contribution in [0.5, 0.6) is 0 Å². The van der Waals surface area contributed by atoms with E-state index in [1.165, 1.54) is 33.3 Å². The zero-order chi connectivity index (χ0) is 20.3. The number of nitrogens with zero attached hydrogens (tertiary/aromatic N) is 3. The van der Waals surface area contributed by atoms with Crippen LogP contribution >= 0.6 is 0 Å². The third kappa shape index (κ3) is 3.76. The van der Waals surface area contributed by atoms with Gasteiger partial charge in [-0.2, -0.15) is 0 Å². The zero-order valence-corrected chi connectivity index (χ0v) is 17.5. The first-order valence-electron chi connectivity index (χ1n) is 10.8. The van der Waals surface area contributed by atoms with E-state index < -0.39 is 0 Å².